The molecule has 0 atom stereocenters. The molecule has 0 saturated carbocycles. The zero-order valence-corrected chi connectivity index (χ0v) is 22.7. The number of hydrogen-bond acceptors (Lipinski definition) is 3. The van der Waals surface area contributed by atoms with Crippen LogP contribution in [0, 0.1) is 11.3 Å². The lowest BCUT2D eigenvalue weighted by Gasteiger charge is -2.38. The summed E-state index contributed by atoms with van der Waals surface area (Å²) in [6.07, 6.45) is 1.53. The summed E-state index contributed by atoms with van der Waals surface area (Å²) in [5, 5.41) is 15.1. The molecule has 0 spiro atoms. The fourth-order valence-electron chi connectivity index (χ4n) is 3.96. The van der Waals surface area contributed by atoms with Crippen LogP contribution in [-0.2, 0) is 12.0 Å². The molecule has 38 heavy (non-hydrogen) atoms. The minimum atomic E-state index is -0.436. The Bertz CT molecular complexity index is 1130. The van der Waals surface area contributed by atoms with Crippen LogP contribution in [0.3, 0.4) is 0 Å². The number of rotatable bonds is 10. The quantitative estimate of drug-likeness (QED) is 0.213. The second kappa shape index (κ2) is 18.0. The van der Waals surface area contributed by atoms with Crippen LogP contribution in [0.2, 0.25) is 0 Å². The van der Waals surface area contributed by atoms with Crippen LogP contribution in [0.15, 0.2) is 129 Å². The molecule has 3 aromatic rings. The van der Waals surface area contributed by atoms with Gasteiger partial charge in [-0.1, -0.05) is 113 Å². The Morgan fingerprint density at radius 1 is 0.842 bits per heavy atom. The van der Waals surface area contributed by atoms with Crippen molar-refractivity contribution < 1.29 is 0 Å². The molecule has 0 unspecified atom stereocenters. The van der Waals surface area contributed by atoms with Crippen molar-refractivity contribution >= 4 is 5.70 Å². The lowest BCUT2D eigenvalue weighted by molar-refractivity contribution is 0.520. The Labute approximate surface area is 232 Å². The van der Waals surface area contributed by atoms with Gasteiger partial charge < -0.3 is 10.6 Å². The third-order valence-corrected chi connectivity index (χ3v) is 5.71. The fraction of sp³-hybridized carbons (Fsp3) is 0.229. The second-order valence-corrected chi connectivity index (χ2v) is 8.54. The molecule has 3 aromatic carbocycles. The van der Waals surface area contributed by atoms with E-state index in [0.29, 0.717) is 13.0 Å². The molecule has 3 nitrogen and oxygen atoms in total. The maximum atomic E-state index is 8.41. The number of nitrogens with zero attached hydrogens (tertiary/aromatic N) is 1. The molecule has 0 aliphatic heterocycles. The first kappa shape index (κ1) is 33.7. The summed E-state index contributed by atoms with van der Waals surface area (Å²) in [5.41, 5.74) is 7.15. The van der Waals surface area contributed by atoms with Gasteiger partial charge in [-0.15, -0.1) is 13.2 Å². The molecule has 200 valence electrons. The molecule has 3 rings (SSSR count). The summed E-state index contributed by atoms with van der Waals surface area (Å²) in [6.45, 7) is 25.0. The van der Waals surface area contributed by atoms with Crippen LogP contribution < -0.4 is 10.6 Å². The van der Waals surface area contributed by atoms with Gasteiger partial charge in [0.1, 0.15) is 5.54 Å². The topological polar surface area (TPSA) is 47.8 Å². The van der Waals surface area contributed by atoms with Gasteiger partial charge in [0, 0.05) is 17.9 Å². The van der Waals surface area contributed by atoms with E-state index in [-0.39, 0.29) is 7.43 Å². The fourth-order valence-corrected chi connectivity index (χ4v) is 3.96. The van der Waals surface area contributed by atoms with Crippen LogP contribution in [0.5, 0.6) is 0 Å². The minimum Gasteiger partial charge on any atom is -0.384 e. The van der Waals surface area contributed by atoms with E-state index in [2.05, 4.69) is 124 Å². The van der Waals surface area contributed by atoms with Crippen molar-refractivity contribution in [3.05, 3.63) is 151 Å². The molecule has 0 bridgehead atoms. The maximum Gasteiger partial charge on any atom is 0.109 e. The number of nitriles is 1. The molecule has 0 aliphatic carbocycles. The first-order valence-electron chi connectivity index (χ1n) is 12.4. The van der Waals surface area contributed by atoms with E-state index >= 15 is 0 Å². The average molecular weight is 508 g/mol. The highest BCUT2D eigenvalue weighted by Crippen LogP contribution is 2.36. The van der Waals surface area contributed by atoms with Gasteiger partial charge >= 0.3 is 0 Å². The van der Waals surface area contributed by atoms with Crippen LogP contribution in [-0.4, -0.2) is 6.54 Å². The summed E-state index contributed by atoms with van der Waals surface area (Å²) in [4.78, 5) is 0. The standard InChI is InChI=1S/C19H21N.C13H16N2.C2H4.CH4/c1-15(2)19(20-16(3)4,17-11-7-5-8-12-17)18-13-9-6-10-14-18;1-3-12-6-4-7-13(10-12)11(2)15-9-5-8-14;1-2;/h5-14,20H,1,3H2,2,4H3;4,6-7,10,15H,2-3,5,9H2,1H3;1-2H2;1H4. The smallest absolute Gasteiger partial charge is 0.109 e. The van der Waals surface area contributed by atoms with Crippen molar-refractivity contribution in [3.8, 4) is 6.07 Å². The average Bonchev–Trinajstić information content (AvgIpc) is 2.94. The van der Waals surface area contributed by atoms with Crippen LogP contribution in [0.4, 0.5) is 0 Å². The molecule has 0 radical (unpaired) electrons. The maximum absolute atomic E-state index is 8.41. The van der Waals surface area contributed by atoms with Crippen LogP contribution >= 0.6 is 0 Å². The highest BCUT2D eigenvalue weighted by atomic mass is 15.0. The van der Waals surface area contributed by atoms with Gasteiger partial charge in [0.25, 0.3) is 0 Å². The molecule has 0 heterocycles. The Balaban J connectivity index is 0.000000683. The molecule has 0 aromatic heterocycles. The number of benzene rings is 3. The van der Waals surface area contributed by atoms with E-state index in [1.807, 2.05) is 31.2 Å². The number of nitrogens with one attached hydrogen (secondary N) is 2. The molecule has 2 N–H and O–H groups in total. The number of allylic oxidation sites excluding steroid dienone is 1. The Morgan fingerprint density at radius 3 is 1.79 bits per heavy atom. The Kier molecular flexibility index (Phi) is 16.0. The minimum absolute atomic E-state index is 0. The van der Waals surface area contributed by atoms with Crippen molar-refractivity contribution in [3.63, 3.8) is 0 Å². The lowest BCUT2D eigenvalue weighted by Crippen LogP contribution is -2.43. The summed E-state index contributed by atoms with van der Waals surface area (Å²) in [7, 11) is 0. The van der Waals surface area contributed by atoms with Gasteiger partial charge in [-0.25, -0.2) is 0 Å². The van der Waals surface area contributed by atoms with Crippen molar-refractivity contribution in [1.82, 2.24) is 10.6 Å². The largest absolute Gasteiger partial charge is 0.384 e. The second-order valence-electron chi connectivity index (χ2n) is 8.54. The molecule has 0 aliphatic rings. The highest BCUT2D eigenvalue weighted by Gasteiger charge is 2.34. The highest BCUT2D eigenvalue weighted by molar-refractivity contribution is 5.62. The zero-order valence-electron chi connectivity index (χ0n) is 22.7. The van der Waals surface area contributed by atoms with Gasteiger partial charge in [-0.2, -0.15) is 5.26 Å². The van der Waals surface area contributed by atoms with Crippen molar-refractivity contribution in [2.24, 2.45) is 0 Å². The van der Waals surface area contributed by atoms with E-state index in [9.17, 15) is 0 Å². The summed E-state index contributed by atoms with van der Waals surface area (Å²) >= 11 is 0. The molecule has 0 amide bonds. The molecular weight excluding hydrogens is 462 g/mol. The molecular formula is C35H45N3. The van der Waals surface area contributed by atoms with Crippen LogP contribution in [0.1, 0.15) is 56.9 Å². The molecule has 3 heteroatoms. The normalized spacial score (nSPS) is 9.53. The monoisotopic (exact) mass is 507 g/mol. The van der Waals surface area contributed by atoms with E-state index in [1.54, 1.807) is 0 Å². The predicted molar refractivity (Wildman–Crippen MR) is 167 cm³/mol. The van der Waals surface area contributed by atoms with Crippen molar-refractivity contribution in [2.75, 3.05) is 6.54 Å². The summed E-state index contributed by atoms with van der Waals surface area (Å²) < 4.78 is 0. The first-order chi connectivity index (χ1) is 17.8. The Morgan fingerprint density at radius 2 is 1.37 bits per heavy atom. The van der Waals surface area contributed by atoms with Gasteiger partial charge in [0.2, 0.25) is 0 Å². The predicted octanol–water partition coefficient (Wildman–Crippen LogP) is 8.79. The molecule has 0 saturated heterocycles. The summed E-state index contributed by atoms with van der Waals surface area (Å²) in [5.74, 6) is 0. The van der Waals surface area contributed by atoms with Crippen molar-refractivity contribution in [2.45, 2.75) is 46.6 Å². The van der Waals surface area contributed by atoms with E-state index < -0.39 is 5.54 Å². The van der Waals surface area contributed by atoms with Gasteiger partial charge in [0.15, 0.2) is 0 Å². The van der Waals surface area contributed by atoms with Crippen LogP contribution in [0.25, 0.3) is 5.70 Å². The summed E-state index contributed by atoms with van der Waals surface area (Å²) in [6, 6.07) is 31.1. The van der Waals surface area contributed by atoms with E-state index in [1.165, 1.54) is 16.7 Å². The number of aryl methyl sites for hydroxylation is 1. The first-order valence-corrected chi connectivity index (χ1v) is 12.4. The SMILES string of the molecule is C.C=C.C=C(C)NC(C(=C)C)(c1ccccc1)c1ccccc1.C=C(NCCC#N)c1cccc(CC)c1. The van der Waals surface area contributed by atoms with Crippen molar-refractivity contribution in [1.29, 1.82) is 5.26 Å². The zero-order chi connectivity index (χ0) is 27.7. The number of hydrogen-bond donors (Lipinski definition) is 2. The third kappa shape index (κ3) is 9.64. The van der Waals surface area contributed by atoms with Gasteiger partial charge in [0.05, 0.1) is 12.5 Å². The van der Waals surface area contributed by atoms with Gasteiger partial charge in [-0.3, -0.25) is 0 Å². The van der Waals surface area contributed by atoms with E-state index in [0.717, 1.165) is 29.0 Å². The molecule has 0 fully saturated rings. The van der Waals surface area contributed by atoms with Gasteiger partial charge in [-0.05, 0) is 54.2 Å². The Hall–Kier alpha value is -4.29. The lowest BCUT2D eigenvalue weighted by atomic mass is 9.77. The third-order valence-electron chi connectivity index (χ3n) is 5.71. The van der Waals surface area contributed by atoms with E-state index in [4.69, 9.17) is 5.26 Å².